The first-order valence-electron chi connectivity index (χ1n) is 10.9. The summed E-state index contributed by atoms with van der Waals surface area (Å²) in [5.74, 6) is 1.17. The maximum absolute atomic E-state index is 12.6. The molecule has 1 saturated heterocycles. The van der Waals surface area contributed by atoms with Crippen molar-refractivity contribution in [3.05, 3.63) is 41.7 Å². The van der Waals surface area contributed by atoms with Gasteiger partial charge < -0.3 is 15.5 Å². The molecule has 4 rings (SSSR count). The van der Waals surface area contributed by atoms with Crippen LogP contribution in [0.3, 0.4) is 0 Å². The van der Waals surface area contributed by atoms with Crippen molar-refractivity contribution >= 4 is 23.2 Å². The highest BCUT2D eigenvalue weighted by Gasteiger charge is 2.20. The van der Waals surface area contributed by atoms with Crippen molar-refractivity contribution in [1.29, 1.82) is 0 Å². The van der Waals surface area contributed by atoms with Crippen molar-refractivity contribution in [1.82, 2.24) is 15.3 Å². The molecular weight excluding hydrogens is 362 g/mol. The van der Waals surface area contributed by atoms with Crippen molar-refractivity contribution < 1.29 is 4.79 Å². The normalized spacial score (nSPS) is 18.1. The zero-order valence-electron chi connectivity index (χ0n) is 17.4. The molecule has 1 amide bonds. The highest BCUT2D eigenvalue weighted by Crippen LogP contribution is 2.25. The Bertz CT molecular complexity index is 837. The molecule has 1 aromatic carbocycles. The maximum atomic E-state index is 12.6. The van der Waals surface area contributed by atoms with Crippen molar-refractivity contribution in [2.24, 2.45) is 5.92 Å². The number of aryl methyl sites for hydroxylation is 1. The van der Waals surface area contributed by atoms with Gasteiger partial charge in [0.1, 0.15) is 5.69 Å². The SMILES string of the molecule is Cc1cc(C(=O)NC2CCCC2)nc(Nc2ccc(N3CCC(C)CC3)cc2)n1. The molecule has 0 radical (unpaired) electrons. The Labute approximate surface area is 173 Å². The number of carbonyl (C=O) groups excluding carboxylic acids is 1. The molecule has 2 aliphatic rings. The topological polar surface area (TPSA) is 70.2 Å². The van der Waals surface area contributed by atoms with Crippen LogP contribution in [0, 0.1) is 12.8 Å². The van der Waals surface area contributed by atoms with Crippen molar-refractivity contribution in [3.63, 3.8) is 0 Å². The molecule has 1 saturated carbocycles. The van der Waals surface area contributed by atoms with Crippen LogP contribution in [0.2, 0.25) is 0 Å². The zero-order chi connectivity index (χ0) is 20.2. The van der Waals surface area contributed by atoms with Gasteiger partial charge in [-0.05, 0) is 68.9 Å². The molecule has 6 heteroatoms. The van der Waals surface area contributed by atoms with Gasteiger partial charge in [0, 0.05) is 36.2 Å². The van der Waals surface area contributed by atoms with Crippen LogP contribution in [-0.4, -0.2) is 35.0 Å². The van der Waals surface area contributed by atoms with Gasteiger partial charge in [-0.2, -0.15) is 0 Å². The molecule has 29 heavy (non-hydrogen) atoms. The van der Waals surface area contributed by atoms with E-state index in [1.165, 1.54) is 31.4 Å². The van der Waals surface area contributed by atoms with Gasteiger partial charge in [-0.25, -0.2) is 9.97 Å². The van der Waals surface area contributed by atoms with Gasteiger partial charge >= 0.3 is 0 Å². The number of piperidine rings is 1. The molecule has 6 nitrogen and oxygen atoms in total. The standard InChI is InChI=1S/C23H31N5O/c1-16-11-13-28(14-12-16)20-9-7-19(8-10-20)26-23-24-17(2)15-21(27-23)22(29)25-18-5-3-4-6-18/h7-10,15-16,18H,3-6,11-14H2,1-2H3,(H,25,29)(H,24,26,27). The van der Waals surface area contributed by atoms with E-state index in [1.807, 2.05) is 6.92 Å². The first kappa shape index (κ1) is 19.7. The summed E-state index contributed by atoms with van der Waals surface area (Å²) in [5.41, 5.74) is 3.38. The van der Waals surface area contributed by atoms with Crippen LogP contribution in [0.4, 0.5) is 17.3 Å². The summed E-state index contributed by atoms with van der Waals surface area (Å²) in [6.07, 6.45) is 7.00. The van der Waals surface area contributed by atoms with Crippen LogP contribution >= 0.6 is 0 Å². The fourth-order valence-electron chi connectivity index (χ4n) is 4.22. The van der Waals surface area contributed by atoms with Gasteiger partial charge in [0.2, 0.25) is 5.95 Å². The molecule has 0 spiro atoms. The summed E-state index contributed by atoms with van der Waals surface area (Å²) < 4.78 is 0. The molecule has 1 aliphatic carbocycles. The molecule has 2 heterocycles. The fourth-order valence-corrected chi connectivity index (χ4v) is 4.22. The predicted octanol–water partition coefficient (Wildman–Crippen LogP) is 4.44. The monoisotopic (exact) mass is 393 g/mol. The molecule has 1 aliphatic heterocycles. The minimum Gasteiger partial charge on any atom is -0.372 e. The minimum atomic E-state index is -0.111. The van der Waals surface area contributed by atoms with Crippen molar-refractivity contribution in [3.8, 4) is 0 Å². The largest absolute Gasteiger partial charge is 0.372 e. The van der Waals surface area contributed by atoms with E-state index in [2.05, 4.69) is 56.7 Å². The molecule has 0 atom stereocenters. The lowest BCUT2D eigenvalue weighted by Gasteiger charge is -2.32. The van der Waals surface area contributed by atoms with Crippen LogP contribution in [0.5, 0.6) is 0 Å². The van der Waals surface area contributed by atoms with Crippen LogP contribution < -0.4 is 15.5 Å². The van der Waals surface area contributed by atoms with E-state index in [4.69, 9.17) is 0 Å². The van der Waals surface area contributed by atoms with Crippen molar-refractivity contribution in [2.45, 2.75) is 58.4 Å². The van der Waals surface area contributed by atoms with E-state index in [9.17, 15) is 4.79 Å². The number of amides is 1. The number of nitrogens with zero attached hydrogens (tertiary/aromatic N) is 3. The van der Waals surface area contributed by atoms with Gasteiger partial charge in [-0.15, -0.1) is 0 Å². The highest BCUT2D eigenvalue weighted by atomic mass is 16.1. The lowest BCUT2D eigenvalue weighted by molar-refractivity contribution is 0.0932. The zero-order valence-corrected chi connectivity index (χ0v) is 17.4. The third-order valence-corrected chi connectivity index (χ3v) is 6.05. The molecule has 2 fully saturated rings. The average molecular weight is 394 g/mol. The van der Waals surface area contributed by atoms with E-state index in [0.717, 1.165) is 43.2 Å². The summed E-state index contributed by atoms with van der Waals surface area (Å²) >= 11 is 0. The van der Waals surface area contributed by atoms with Crippen molar-refractivity contribution in [2.75, 3.05) is 23.3 Å². The van der Waals surface area contributed by atoms with Gasteiger partial charge in [-0.1, -0.05) is 19.8 Å². The Morgan fingerprint density at radius 1 is 1.03 bits per heavy atom. The first-order chi connectivity index (χ1) is 14.1. The number of hydrogen-bond donors (Lipinski definition) is 2. The number of anilines is 3. The van der Waals surface area contributed by atoms with E-state index < -0.39 is 0 Å². The average Bonchev–Trinajstić information content (AvgIpc) is 3.22. The molecule has 2 N–H and O–H groups in total. The van der Waals surface area contributed by atoms with E-state index >= 15 is 0 Å². The number of hydrogen-bond acceptors (Lipinski definition) is 5. The van der Waals surface area contributed by atoms with Crippen LogP contribution in [-0.2, 0) is 0 Å². The molecule has 0 unspecified atom stereocenters. The highest BCUT2D eigenvalue weighted by molar-refractivity contribution is 5.93. The maximum Gasteiger partial charge on any atom is 0.270 e. The smallest absolute Gasteiger partial charge is 0.270 e. The Kier molecular flexibility index (Phi) is 5.97. The Morgan fingerprint density at radius 3 is 2.41 bits per heavy atom. The van der Waals surface area contributed by atoms with Crippen LogP contribution in [0.15, 0.2) is 30.3 Å². The Morgan fingerprint density at radius 2 is 1.72 bits per heavy atom. The van der Waals surface area contributed by atoms with E-state index in [-0.39, 0.29) is 11.9 Å². The third-order valence-electron chi connectivity index (χ3n) is 6.05. The second-order valence-corrected chi connectivity index (χ2v) is 8.51. The molecular formula is C23H31N5O. The van der Waals surface area contributed by atoms with Crippen LogP contribution in [0.1, 0.15) is 61.6 Å². The number of rotatable bonds is 5. The quantitative estimate of drug-likeness (QED) is 0.786. The van der Waals surface area contributed by atoms with E-state index in [0.29, 0.717) is 11.6 Å². The summed E-state index contributed by atoms with van der Waals surface area (Å²) in [6.45, 7) is 6.46. The number of carbonyl (C=O) groups is 1. The van der Waals surface area contributed by atoms with Gasteiger partial charge in [0.15, 0.2) is 0 Å². The third kappa shape index (κ3) is 5.05. The minimum absolute atomic E-state index is 0.111. The number of benzene rings is 1. The number of aromatic nitrogens is 2. The second-order valence-electron chi connectivity index (χ2n) is 8.51. The summed E-state index contributed by atoms with van der Waals surface area (Å²) in [7, 11) is 0. The molecule has 2 aromatic rings. The first-order valence-corrected chi connectivity index (χ1v) is 10.9. The van der Waals surface area contributed by atoms with Gasteiger partial charge in [-0.3, -0.25) is 4.79 Å². The van der Waals surface area contributed by atoms with Gasteiger partial charge in [0.05, 0.1) is 0 Å². The lowest BCUT2D eigenvalue weighted by Crippen LogP contribution is -2.33. The second kappa shape index (κ2) is 8.80. The molecule has 0 bridgehead atoms. The lowest BCUT2D eigenvalue weighted by atomic mass is 9.99. The summed E-state index contributed by atoms with van der Waals surface area (Å²) in [5, 5.41) is 6.35. The van der Waals surface area contributed by atoms with E-state index in [1.54, 1.807) is 6.07 Å². The van der Waals surface area contributed by atoms with Gasteiger partial charge in [0.25, 0.3) is 5.91 Å². The number of nitrogens with one attached hydrogen (secondary N) is 2. The van der Waals surface area contributed by atoms with Crippen LogP contribution in [0.25, 0.3) is 0 Å². The summed E-state index contributed by atoms with van der Waals surface area (Å²) in [6, 6.07) is 10.4. The fraction of sp³-hybridized carbons (Fsp3) is 0.522. The summed E-state index contributed by atoms with van der Waals surface area (Å²) in [4.78, 5) is 23.9. The Balaban J connectivity index is 1.42. The molecule has 1 aromatic heterocycles. The predicted molar refractivity (Wildman–Crippen MR) is 117 cm³/mol. The Hall–Kier alpha value is -2.63. The molecule has 154 valence electrons.